The van der Waals surface area contributed by atoms with E-state index in [0.717, 1.165) is 42.4 Å². The molecule has 1 saturated carbocycles. The molecular formula is C28H32N2O4. The highest BCUT2D eigenvalue weighted by Crippen LogP contribution is 2.40. The van der Waals surface area contributed by atoms with Crippen molar-refractivity contribution in [2.75, 3.05) is 0 Å². The SMILES string of the molecule is CC[C@H]1CC[C@@H](Oc2ccc3cc(C(=O)N4C5CCC4CC(C(=O)O)C5)ccc3c2C#N)CC1. The Bertz CT molecular complexity index is 1130. The molecule has 5 rings (SSSR count). The van der Waals surface area contributed by atoms with Crippen LogP contribution >= 0.6 is 0 Å². The predicted octanol–water partition coefficient (Wildman–Crippen LogP) is 5.53. The minimum Gasteiger partial charge on any atom is -0.489 e. The maximum atomic E-state index is 13.4. The Labute approximate surface area is 200 Å². The van der Waals surface area contributed by atoms with Crippen molar-refractivity contribution in [3.05, 3.63) is 41.5 Å². The van der Waals surface area contributed by atoms with Crippen LogP contribution in [0.2, 0.25) is 0 Å². The Kier molecular flexibility index (Phi) is 6.20. The van der Waals surface area contributed by atoms with E-state index in [1.807, 2.05) is 29.2 Å². The first kappa shape index (κ1) is 22.7. The smallest absolute Gasteiger partial charge is 0.306 e. The zero-order valence-electron chi connectivity index (χ0n) is 19.7. The van der Waals surface area contributed by atoms with E-state index >= 15 is 0 Å². The molecule has 2 atom stereocenters. The average molecular weight is 461 g/mol. The standard InChI is InChI=1S/C28H32N2O4/c1-2-17-3-9-23(10-4-17)34-26-12-6-18-13-19(5-11-24(18)25(26)16-29)27(31)30-21-7-8-22(30)15-20(14-21)28(32)33/h5-6,11-13,17,20-23H,2-4,7-10,14-15H2,1H3,(H,32,33)/t17-,20?,21?,22?,23+. The van der Waals surface area contributed by atoms with Crippen LogP contribution in [0.25, 0.3) is 10.8 Å². The third-order valence-electron chi connectivity index (χ3n) is 8.32. The fraction of sp³-hybridized carbons (Fsp3) is 0.536. The van der Waals surface area contributed by atoms with Gasteiger partial charge in [-0.1, -0.05) is 25.5 Å². The summed E-state index contributed by atoms with van der Waals surface area (Å²) in [6.45, 7) is 2.24. The van der Waals surface area contributed by atoms with E-state index in [4.69, 9.17) is 4.74 Å². The monoisotopic (exact) mass is 460 g/mol. The van der Waals surface area contributed by atoms with E-state index in [2.05, 4.69) is 13.0 Å². The number of hydrogen-bond acceptors (Lipinski definition) is 4. The molecule has 0 spiro atoms. The van der Waals surface area contributed by atoms with Crippen LogP contribution in [-0.2, 0) is 4.79 Å². The molecule has 0 radical (unpaired) electrons. The molecule has 6 nitrogen and oxygen atoms in total. The van der Waals surface area contributed by atoms with Crippen LogP contribution in [0.15, 0.2) is 30.3 Å². The molecule has 2 unspecified atom stereocenters. The zero-order chi connectivity index (χ0) is 23.8. The number of rotatable bonds is 5. The summed E-state index contributed by atoms with van der Waals surface area (Å²) in [5.74, 6) is 0.266. The Hall–Kier alpha value is -3.07. The average Bonchev–Trinajstić information content (AvgIpc) is 3.12. The molecule has 2 aromatic carbocycles. The largest absolute Gasteiger partial charge is 0.489 e. The quantitative estimate of drug-likeness (QED) is 0.634. The van der Waals surface area contributed by atoms with Crippen LogP contribution < -0.4 is 4.74 Å². The van der Waals surface area contributed by atoms with Crippen molar-refractivity contribution in [1.29, 1.82) is 5.26 Å². The van der Waals surface area contributed by atoms with Crippen LogP contribution in [0, 0.1) is 23.2 Å². The van der Waals surface area contributed by atoms with Crippen molar-refractivity contribution in [3.8, 4) is 11.8 Å². The Morgan fingerprint density at radius 1 is 1.06 bits per heavy atom. The lowest BCUT2D eigenvalue weighted by Crippen LogP contribution is -2.47. The highest BCUT2D eigenvalue weighted by atomic mass is 16.5. The number of carbonyl (C=O) groups is 2. The molecule has 2 aromatic rings. The van der Waals surface area contributed by atoms with E-state index < -0.39 is 5.97 Å². The van der Waals surface area contributed by atoms with Gasteiger partial charge in [0.25, 0.3) is 5.91 Å². The minimum atomic E-state index is -0.754. The Balaban J connectivity index is 1.36. The van der Waals surface area contributed by atoms with E-state index in [9.17, 15) is 20.0 Å². The molecule has 2 heterocycles. The predicted molar refractivity (Wildman–Crippen MR) is 129 cm³/mol. The number of amides is 1. The van der Waals surface area contributed by atoms with Gasteiger partial charge < -0.3 is 14.7 Å². The van der Waals surface area contributed by atoms with E-state index in [1.165, 1.54) is 19.3 Å². The first-order chi connectivity index (χ1) is 16.5. The van der Waals surface area contributed by atoms with Crippen LogP contribution in [0.5, 0.6) is 5.75 Å². The Morgan fingerprint density at radius 3 is 2.38 bits per heavy atom. The minimum absolute atomic E-state index is 0.00343. The summed E-state index contributed by atoms with van der Waals surface area (Å²) < 4.78 is 6.27. The van der Waals surface area contributed by atoms with Gasteiger partial charge in [-0.05, 0) is 80.9 Å². The lowest BCUT2D eigenvalue weighted by atomic mass is 9.86. The normalized spacial score (nSPS) is 28.5. The number of ether oxygens (including phenoxy) is 1. The number of carboxylic acid groups (broad SMARTS) is 1. The van der Waals surface area contributed by atoms with Gasteiger partial charge in [-0.25, -0.2) is 0 Å². The van der Waals surface area contributed by atoms with Gasteiger partial charge in [0.05, 0.1) is 12.0 Å². The van der Waals surface area contributed by atoms with Crippen molar-refractivity contribution in [2.24, 2.45) is 11.8 Å². The maximum Gasteiger partial charge on any atom is 0.306 e. The molecule has 1 amide bonds. The van der Waals surface area contributed by atoms with Gasteiger partial charge in [0.15, 0.2) is 0 Å². The van der Waals surface area contributed by atoms with Gasteiger partial charge in [-0.3, -0.25) is 9.59 Å². The van der Waals surface area contributed by atoms with Gasteiger partial charge in [0.2, 0.25) is 0 Å². The molecule has 0 aromatic heterocycles. The molecule has 1 aliphatic carbocycles. The van der Waals surface area contributed by atoms with Gasteiger partial charge in [0, 0.05) is 23.0 Å². The first-order valence-electron chi connectivity index (χ1n) is 12.7. The van der Waals surface area contributed by atoms with Crippen LogP contribution in [-0.4, -0.2) is 40.1 Å². The molecule has 1 N–H and O–H groups in total. The summed E-state index contributed by atoms with van der Waals surface area (Å²) in [6.07, 6.45) is 8.56. The number of carbonyl (C=O) groups excluding carboxylic acids is 1. The third kappa shape index (κ3) is 4.13. The van der Waals surface area contributed by atoms with Gasteiger partial charge in [-0.15, -0.1) is 0 Å². The van der Waals surface area contributed by atoms with Crippen LogP contribution in [0.4, 0.5) is 0 Å². The van der Waals surface area contributed by atoms with Crippen LogP contribution in [0.1, 0.15) is 80.6 Å². The summed E-state index contributed by atoms with van der Waals surface area (Å²) in [7, 11) is 0. The fourth-order valence-electron chi connectivity index (χ4n) is 6.35. The van der Waals surface area contributed by atoms with Gasteiger partial charge in [0.1, 0.15) is 17.4 Å². The molecule has 178 valence electrons. The lowest BCUT2D eigenvalue weighted by Gasteiger charge is -2.37. The number of fused-ring (bicyclic) bond motifs is 3. The van der Waals surface area contributed by atoms with Crippen molar-refractivity contribution in [2.45, 2.75) is 82.9 Å². The molecule has 34 heavy (non-hydrogen) atoms. The number of benzene rings is 2. The highest BCUT2D eigenvalue weighted by Gasteiger charge is 2.45. The van der Waals surface area contributed by atoms with E-state index in [1.54, 1.807) is 6.07 Å². The molecule has 2 saturated heterocycles. The number of carboxylic acids is 1. The van der Waals surface area contributed by atoms with Crippen molar-refractivity contribution in [3.63, 3.8) is 0 Å². The highest BCUT2D eigenvalue weighted by molar-refractivity contribution is 6.00. The van der Waals surface area contributed by atoms with Gasteiger partial charge in [-0.2, -0.15) is 5.26 Å². The van der Waals surface area contributed by atoms with Crippen molar-refractivity contribution in [1.82, 2.24) is 4.90 Å². The summed E-state index contributed by atoms with van der Waals surface area (Å²) in [6, 6.07) is 11.6. The topological polar surface area (TPSA) is 90.6 Å². The molecule has 2 aliphatic heterocycles. The van der Waals surface area contributed by atoms with E-state index in [-0.39, 0.29) is 30.0 Å². The molecule has 3 aliphatic rings. The number of nitrogens with zero attached hydrogens (tertiary/aromatic N) is 2. The Morgan fingerprint density at radius 2 is 1.76 bits per heavy atom. The van der Waals surface area contributed by atoms with Crippen molar-refractivity contribution >= 4 is 22.6 Å². The molecule has 6 heteroatoms. The third-order valence-corrected chi connectivity index (χ3v) is 8.32. The summed E-state index contributed by atoms with van der Waals surface area (Å²) in [5.41, 5.74) is 1.12. The molecule has 2 bridgehead atoms. The summed E-state index contributed by atoms with van der Waals surface area (Å²) in [4.78, 5) is 26.8. The zero-order valence-corrected chi connectivity index (χ0v) is 19.7. The number of piperidine rings is 1. The summed E-state index contributed by atoms with van der Waals surface area (Å²) >= 11 is 0. The molecule has 3 fully saturated rings. The lowest BCUT2D eigenvalue weighted by molar-refractivity contribution is -0.144. The van der Waals surface area contributed by atoms with E-state index in [0.29, 0.717) is 29.7 Å². The maximum absolute atomic E-state index is 13.4. The summed E-state index contributed by atoms with van der Waals surface area (Å²) in [5, 5.41) is 21.0. The molecular weight excluding hydrogens is 428 g/mol. The number of nitriles is 1. The van der Waals surface area contributed by atoms with Crippen LogP contribution in [0.3, 0.4) is 0 Å². The second kappa shape index (κ2) is 9.29. The first-order valence-corrected chi connectivity index (χ1v) is 12.7. The second-order valence-corrected chi connectivity index (χ2v) is 10.3. The van der Waals surface area contributed by atoms with Gasteiger partial charge >= 0.3 is 5.97 Å². The fourth-order valence-corrected chi connectivity index (χ4v) is 6.35. The number of aliphatic carboxylic acids is 1. The second-order valence-electron chi connectivity index (χ2n) is 10.3. The van der Waals surface area contributed by atoms with Crippen molar-refractivity contribution < 1.29 is 19.4 Å². The number of hydrogen-bond donors (Lipinski definition) is 1.